The molecule has 0 aliphatic carbocycles. The molecule has 0 aliphatic heterocycles. The van der Waals surface area contributed by atoms with Gasteiger partial charge in [-0.1, -0.05) is 41.4 Å². The number of amides is 1. The molecular weight excluding hydrogens is 378 g/mol. The van der Waals surface area contributed by atoms with Gasteiger partial charge in [0.2, 0.25) is 0 Å². The molecular formula is C17H14Cl2F3NO2. The second-order valence-corrected chi connectivity index (χ2v) is 6.39. The number of hydrogen-bond acceptors (Lipinski definition) is 2. The van der Waals surface area contributed by atoms with E-state index in [1.54, 1.807) is 18.2 Å². The predicted octanol–water partition coefficient (Wildman–Crippen LogP) is 4.69. The summed E-state index contributed by atoms with van der Waals surface area (Å²) in [5.41, 5.74) is -2.44. The monoisotopic (exact) mass is 391 g/mol. The molecule has 0 bridgehead atoms. The fourth-order valence-corrected chi connectivity index (χ4v) is 2.36. The highest BCUT2D eigenvalue weighted by Crippen LogP contribution is 2.38. The van der Waals surface area contributed by atoms with Crippen molar-refractivity contribution in [3.8, 4) is 0 Å². The fourth-order valence-electron chi connectivity index (χ4n) is 2.04. The fraction of sp³-hybridized carbons (Fsp3) is 0.235. The first-order valence-electron chi connectivity index (χ1n) is 7.14. The summed E-state index contributed by atoms with van der Waals surface area (Å²) in [4.78, 5) is 12.1. The molecule has 3 nitrogen and oxygen atoms in total. The molecule has 0 radical (unpaired) electrons. The highest BCUT2D eigenvalue weighted by Gasteiger charge is 2.51. The van der Waals surface area contributed by atoms with Crippen LogP contribution in [-0.2, 0) is 12.1 Å². The van der Waals surface area contributed by atoms with Gasteiger partial charge in [-0.25, -0.2) is 0 Å². The van der Waals surface area contributed by atoms with E-state index in [0.29, 0.717) is 17.0 Å². The van der Waals surface area contributed by atoms with E-state index in [4.69, 9.17) is 23.2 Å². The van der Waals surface area contributed by atoms with Crippen molar-refractivity contribution in [2.24, 2.45) is 0 Å². The van der Waals surface area contributed by atoms with E-state index in [2.05, 4.69) is 5.32 Å². The molecule has 0 fully saturated rings. The smallest absolute Gasteiger partial charge is 0.376 e. The Labute approximate surface area is 152 Å². The third kappa shape index (κ3) is 4.45. The molecule has 2 rings (SSSR count). The standard InChI is InChI=1S/C17H14Cl2F3NO2/c1-16(25,17(20,21)22)12-5-3-11(4-6-12)15(24)23-9-10-2-7-13(18)14(19)8-10/h2-8,25H,9H2,1H3,(H,23,24). The van der Waals surface area contributed by atoms with Crippen LogP contribution < -0.4 is 5.32 Å². The van der Waals surface area contributed by atoms with Crippen LogP contribution in [0.5, 0.6) is 0 Å². The first-order chi connectivity index (χ1) is 11.5. The first-order valence-corrected chi connectivity index (χ1v) is 7.90. The Hall–Kier alpha value is -1.76. The van der Waals surface area contributed by atoms with Crippen molar-refractivity contribution < 1.29 is 23.1 Å². The lowest BCUT2D eigenvalue weighted by Gasteiger charge is -2.26. The number of carbonyl (C=O) groups excluding carboxylic acids is 1. The Morgan fingerprint density at radius 3 is 2.20 bits per heavy atom. The van der Waals surface area contributed by atoms with Crippen LogP contribution in [0.15, 0.2) is 42.5 Å². The molecule has 0 aromatic heterocycles. The number of rotatable bonds is 4. The predicted molar refractivity (Wildman–Crippen MR) is 89.7 cm³/mol. The summed E-state index contributed by atoms with van der Waals surface area (Å²) in [5.74, 6) is -0.468. The van der Waals surface area contributed by atoms with Gasteiger partial charge in [-0.2, -0.15) is 13.2 Å². The van der Waals surface area contributed by atoms with Crippen molar-refractivity contribution in [1.82, 2.24) is 5.32 Å². The SMILES string of the molecule is CC(O)(c1ccc(C(=O)NCc2ccc(Cl)c(Cl)c2)cc1)C(F)(F)F. The summed E-state index contributed by atoms with van der Waals surface area (Å²) in [5, 5.41) is 13.0. The number of benzene rings is 2. The highest BCUT2D eigenvalue weighted by molar-refractivity contribution is 6.42. The summed E-state index contributed by atoms with van der Waals surface area (Å²) in [7, 11) is 0. The van der Waals surface area contributed by atoms with Crippen molar-refractivity contribution in [3.63, 3.8) is 0 Å². The second kappa shape index (κ2) is 7.23. The molecule has 1 amide bonds. The number of alkyl halides is 3. The van der Waals surface area contributed by atoms with Crippen molar-refractivity contribution >= 4 is 29.1 Å². The first kappa shape index (κ1) is 19.6. The number of hydrogen-bond donors (Lipinski definition) is 2. The zero-order valence-electron chi connectivity index (χ0n) is 13.0. The zero-order chi connectivity index (χ0) is 18.8. The molecule has 2 aromatic rings. The third-order valence-electron chi connectivity index (χ3n) is 3.70. The van der Waals surface area contributed by atoms with Gasteiger partial charge >= 0.3 is 6.18 Å². The van der Waals surface area contributed by atoms with Gasteiger partial charge in [-0.3, -0.25) is 4.79 Å². The van der Waals surface area contributed by atoms with Crippen LogP contribution in [0.2, 0.25) is 10.0 Å². The van der Waals surface area contributed by atoms with Crippen molar-refractivity contribution in [1.29, 1.82) is 0 Å². The summed E-state index contributed by atoms with van der Waals surface area (Å²) < 4.78 is 38.4. The summed E-state index contributed by atoms with van der Waals surface area (Å²) in [6, 6.07) is 9.48. The maximum atomic E-state index is 12.8. The molecule has 1 unspecified atom stereocenters. The Morgan fingerprint density at radius 2 is 1.68 bits per heavy atom. The number of nitrogens with one attached hydrogen (secondary N) is 1. The number of halogens is 5. The van der Waals surface area contributed by atoms with Gasteiger partial charge in [0.1, 0.15) is 0 Å². The molecule has 2 aromatic carbocycles. The minimum absolute atomic E-state index is 0.168. The van der Waals surface area contributed by atoms with Crippen LogP contribution in [0.25, 0.3) is 0 Å². The normalized spacial score (nSPS) is 14.0. The van der Waals surface area contributed by atoms with Gasteiger partial charge in [-0.05, 0) is 42.3 Å². The third-order valence-corrected chi connectivity index (χ3v) is 4.44. The van der Waals surface area contributed by atoms with E-state index < -0.39 is 17.7 Å². The molecule has 0 heterocycles. The van der Waals surface area contributed by atoms with Crippen LogP contribution in [0.4, 0.5) is 13.2 Å². The van der Waals surface area contributed by atoms with Crippen LogP contribution in [0, 0.1) is 0 Å². The van der Waals surface area contributed by atoms with Gasteiger partial charge in [0.25, 0.3) is 5.91 Å². The maximum absolute atomic E-state index is 12.8. The van der Waals surface area contributed by atoms with Gasteiger partial charge in [-0.15, -0.1) is 0 Å². The Bertz CT molecular complexity index is 774. The lowest BCUT2D eigenvalue weighted by Crippen LogP contribution is -2.39. The van der Waals surface area contributed by atoms with Crippen molar-refractivity contribution in [3.05, 3.63) is 69.2 Å². The molecule has 1 atom stereocenters. The zero-order valence-corrected chi connectivity index (χ0v) is 14.5. The van der Waals surface area contributed by atoms with E-state index in [-0.39, 0.29) is 17.7 Å². The highest BCUT2D eigenvalue weighted by atomic mass is 35.5. The second-order valence-electron chi connectivity index (χ2n) is 5.58. The van der Waals surface area contributed by atoms with Crippen LogP contribution in [-0.4, -0.2) is 17.2 Å². The molecule has 2 N–H and O–H groups in total. The largest absolute Gasteiger partial charge is 0.421 e. The molecule has 25 heavy (non-hydrogen) atoms. The van der Waals surface area contributed by atoms with E-state index in [1.165, 1.54) is 12.1 Å². The van der Waals surface area contributed by atoms with E-state index in [1.807, 2.05) is 0 Å². The van der Waals surface area contributed by atoms with Gasteiger partial charge in [0.15, 0.2) is 5.60 Å². The van der Waals surface area contributed by atoms with E-state index in [9.17, 15) is 23.1 Å². The van der Waals surface area contributed by atoms with Gasteiger partial charge in [0, 0.05) is 12.1 Å². The summed E-state index contributed by atoms with van der Waals surface area (Å²) in [6.45, 7) is 0.837. The molecule has 8 heteroatoms. The average molecular weight is 392 g/mol. The minimum Gasteiger partial charge on any atom is -0.376 e. The van der Waals surface area contributed by atoms with E-state index in [0.717, 1.165) is 17.7 Å². The molecule has 0 saturated carbocycles. The molecule has 0 spiro atoms. The number of aliphatic hydroxyl groups is 1. The van der Waals surface area contributed by atoms with Crippen LogP contribution in [0.3, 0.4) is 0 Å². The van der Waals surface area contributed by atoms with Crippen molar-refractivity contribution in [2.45, 2.75) is 25.2 Å². The minimum atomic E-state index is -4.81. The van der Waals surface area contributed by atoms with E-state index >= 15 is 0 Å². The average Bonchev–Trinajstić information content (AvgIpc) is 2.54. The summed E-state index contributed by atoms with van der Waals surface area (Å²) in [6.07, 6.45) is -4.81. The Kier molecular flexibility index (Phi) is 5.66. The van der Waals surface area contributed by atoms with Gasteiger partial charge in [0.05, 0.1) is 10.0 Å². The van der Waals surface area contributed by atoms with Crippen LogP contribution >= 0.6 is 23.2 Å². The topological polar surface area (TPSA) is 49.3 Å². The maximum Gasteiger partial charge on any atom is 0.421 e. The van der Waals surface area contributed by atoms with Crippen LogP contribution in [0.1, 0.15) is 28.4 Å². The summed E-state index contributed by atoms with van der Waals surface area (Å²) >= 11 is 11.7. The van der Waals surface area contributed by atoms with Gasteiger partial charge < -0.3 is 10.4 Å². The lowest BCUT2D eigenvalue weighted by molar-refractivity contribution is -0.258. The van der Waals surface area contributed by atoms with Crippen molar-refractivity contribution in [2.75, 3.05) is 0 Å². The Balaban J connectivity index is 2.06. The molecule has 0 saturated heterocycles. The molecule has 134 valence electrons. The lowest BCUT2D eigenvalue weighted by atomic mass is 9.94. The Morgan fingerprint density at radius 1 is 1.08 bits per heavy atom. The molecule has 0 aliphatic rings. The number of carbonyl (C=O) groups is 1. The quantitative estimate of drug-likeness (QED) is 0.793.